The molecule has 0 aromatic carbocycles. The third-order valence-corrected chi connectivity index (χ3v) is 3.71. The fourth-order valence-corrected chi connectivity index (χ4v) is 2.39. The zero-order chi connectivity index (χ0) is 14.2. The summed E-state index contributed by atoms with van der Waals surface area (Å²) in [5.41, 5.74) is 1.28. The van der Waals surface area contributed by atoms with E-state index in [1.54, 1.807) is 4.68 Å². The number of nitrogens with zero attached hydrogens (tertiary/aromatic N) is 5. The van der Waals surface area contributed by atoms with Gasteiger partial charge in [0.05, 0.1) is 6.20 Å². The molecule has 0 unspecified atom stereocenters. The second kappa shape index (κ2) is 4.89. The largest absolute Gasteiger partial charge is 0.356 e. The molecule has 0 saturated carbocycles. The van der Waals surface area contributed by atoms with Gasteiger partial charge in [-0.05, 0) is 29.9 Å². The molecule has 2 aromatic heterocycles. The molecule has 0 aliphatic carbocycles. The maximum Gasteiger partial charge on any atom is 0.252 e. The van der Waals surface area contributed by atoms with E-state index in [9.17, 15) is 0 Å². The Morgan fingerprint density at radius 1 is 1.15 bits per heavy atom. The first-order valence-electron chi connectivity index (χ1n) is 7.17. The molecule has 1 aliphatic rings. The van der Waals surface area contributed by atoms with Gasteiger partial charge in [0, 0.05) is 25.5 Å². The summed E-state index contributed by atoms with van der Waals surface area (Å²) in [6.07, 6.45) is 8.22. The number of rotatable bonds is 2. The van der Waals surface area contributed by atoms with E-state index in [-0.39, 0.29) is 5.41 Å². The Labute approximate surface area is 119 Å². The minimum atomic E-state index is 0.0881. The van der Waals surface area contributed by atoms with Crippen molar-refractivity contribution in [3.63, 3.8) is 0 Å². The SMILES string of the molecule is CC(C)(C)c1cnn(-c2nccc(N3CCCC3)n2)c1. The molecular weight excluding hydrogens is 250 g/mol. The number of anilines is 1. The molecule has 3 heterocycles. The Hall–Kier alpha value is -1.91. The summed E-state index contributed by atoms with van der Waals surface area (Å²) < 4.78 is 1.76. The molecule has 0 bridgehead atoms. The zero-order valence-corrected chi connectivity index (χ0v) is 12.4. The van der Waals surface area contributed by atoms with E-state index in [0.717, 1.165) is 18.9 Å². The van der Waals surface area contributed by atoms with Crippen LogP contribution in [-0.4, -0.2) is 32.8 Å². The van der Waals surface area contributed by atoms with Crippen molar-refractivity contribution in [2.75, 3.05) is 18.0 Å². The summed E-state index contributed by atoms with van der Waals surface area (Å²) in [6.45, 7) is 8.70. The molecule has 20 heavy (non-hydrogen) atoms. The second-order valence-corrected chi connectivity index (χ2v) is 6.33. The zero-order valence-electron chi connectivity index (χ0n) is 12.4. The van der Waals surface area contributed by atoms with Gasteiger partial charge in [-0.2, -0.15) is 10.1 Å². The quantitative estimate of drug-likeness (QED) is 0.842. The van der Waals surface area contributed by atoms with Crippen LogP contribution in [0.4, 0.5) is 5.82 Å². The fraction of sp³-hybridized carbons (Fsp3) is 0.533. The van der Waals surface area contributed by atoms with E-state index < -0.39 is 0 Å². The highest BCUT2D eigenvalue weighted by molar-refractivity contribution is 5.40. The van der Waals surface area contributed by atoms with Gasteiger partial charge >= 0.3 is 0 Å². The molecule has 106 valence electrons. The Bertz CT molecular complexity index is 590. The number of hydrogen-bond acceptors (Lipinski definition) is 4. The average molecular weight is 271 g/mol. The Morgan fingerprint density at radius 2 is 1.90 bits per heavy atom. The molecule has 3 rings (SSSR count). The van der Waals surface area contributed by atoms with Crippen molar-refractivity contribution >= 4 is 5.82 Å². The molecular formula is C15H21N5. The topological polar surface area (TPSA) is 46.8 Å². The lowest BCUT2D eigenvalue weighted by molar-refractivity contribution is 0.590. The van der Waals surface area contributed by atoms with Gasteiger partial charge in [-0.3, -0.25) is 0 Å². The van der Waals surface area contributed by atoms with Gasteiger partial charge in [0.2, 0.25) is 0 Å². The van der Waals surface area contributed by atoms with Crippen molar-refractivity contribution in [2.45, 2.75) is 39.0 Å². The molecule has 2 aromatic rings. The lowest BCUT2D eigenvalue weighted by atomic mass is 9.90. The van der Waals surface area contributed by atoms with Crippen LogP contribution in [-0.2, 0) is 5.41 Å². The third kappa shape index (κ3) is 2.53. The van der Waals surface area contributed by atoms with Crippen molar-refractivity contribution < 1.29 is 0 Å². The first-order chi connectivity index (χ1) is 9.54. The van der Waals surface area contributed by atoms with E-state index in [2.05, 4.69) is 40.7 Å². The van der Waals surface area contributed by atoms with Crippen LogP contribution < -0.4 is 4.90 Å². The maximum atomic E-state index is 4.64. The first-order valence-corrected chi connectivity index (χ1v) is 7.17. The lowest BCUT2D eigenvalue weighted by Crippen LogP contribution is -2.20. The van der Waals surface area contributed by atoms with E-state index >= 15 is 0 Å². The fourth-order valence-electron chi connectivity index (χ4n) is 2.39. The van der Waals surface area contributed by atoms with Crippen LogP contribution >= 0.6 is 0 Å². The van der Waals surface area contributed by atoms with Crippen LogP contribution in [0.3, 0.4) is 0 Å². The molecule has 0 N–H and O–H groups in total. The minimum Gasteiger partial charge on any atom is -0.356 e. The van der Waals surface area contributed by atoms with Crippen LogP contribution in [0.5, 0.6) is 0 Å². The van der Waals surface area contributed by atoms with Gasteiger partial charge < -0.3 is 4.90 Å². The van der Waals surface area contributed by atoms with Gasteiger partial charge in [-0.15, -0.1) is 0 Å². The normalized spacial score (nSPS) is 15.8. The highest BCUT2D eigenvalue weighted by Gasteiger charge is 2.18. The monoisotopic (exact) mass is 271 g/mol. The van der Waals surface area contributed by atoms with Gasteiger partial charge in [0.1, 0.15) is 5.82 Å². The summed E-state index contributed by atoms with van der Waals surface area (Å²) in [6, 6.07) is 1.98. The number of aromatic nitrogens is 4. The average Bonchev–Trinajstić information content (AvgIpc) is 3.10. The van der Waals surface area contributed by atoms with Crippen LogP contribution in [0.15, 0.2) is 24.7 Å². The van der Waals surface area contributed by atoms with Crippen LogP contribution in [0.25, 0.3) is 5.95 Å². The lowest BCUT2D eigenvalue weighted by Gasteiger charge is -2.16. The van der Waals surface area contributed by atoms with Crippen molar-refractivity contribution in [3.05, 3.63) is 30.2 Å². The van der Waals surface area contributed by atoms with Crippen molar-refractivity contribution in [1.29, 1.82) is 0 Å². The molecule has 1 fully saturated rings. The first kappa shape index (κ1) is 13.1. The Kier molecular flexibility index (Phi) is 3.20. The molecule has 0 amide bonds. The van der Waals surface area contributed by atoms with Gasteiger partial charge in [0.15, 0.2) is 0 Å². The molecule has 5 nitrogen and oxygen atoms in total. The molecule has 1 aliphatic heterocycles. The maximum absolute atomic E-state index is 4.64. The third-order valence-electron chi connectivity index (χ3n) is 3.71. The number of hydrogen-bond donors (Lipinski definition) is 0. The van der Waals surface area contributed by atoms with Crippen molar-refractivity contribution in [2.24, 2.45) is 0 Å². The highest BCUT2D eigenvalue weighted by atomic mass is 15.4. The van der Waals surface area contributed by atoms with Gasteiger partial charge in [0.25, 0.3) is 5.95 Å². The smallest absolute Gasteiger partial charge is 0.252 e. The summed E-state index contributed by atoms with van der Waals surface area (Å²) in [5, 5.41) is 4.39. The molecule has 0 radical (unpaired) electrons. The van der Waals surface area contributed by atoms with E-state index in [1.807, 2.05) is 24.7 Å². The molecule has 0 atom stereocenters. The summed E-state index contributed by atoms with van der Waals surface area (Å²) >= 11 is 0. The van der Waals surface area contributed by atoms with Crippen molar-refractivity contribution in [1.82, 2.24) is 19.7 Å². The molecule has 5 heteroatoms. The highest BCUT2D eigenvalue weighted by Crippen LogP contribution is 2.22. The minimum absolute atomic E-state index is 0.0881. The summed E-state index contributed by atoms with van der Waals surface area (Å²) in [7, 11) is 0. The van der Waals surface area contributed by atoms with Gasteiger partial charge in [-0.25, -0.2) is 9.67 Å². The van der Waals surface area contributed by atoms with Crippen LogP contribution in [0.2, 0.25) is 0 Å². The van der Waals surface area contributed by atoms with E-state index in [1.165, 1.54) is 18.4 Å². The summed E-state index contributed by atoms with van der Waals surface area (Å²) in [5.74, 6) is 1.64. The predicted octanol–water partition coefficient (Wildman–Crippen LogP) is 2.56. The van der Waals surface area contributed by atoms with E-state index in [4.69, 9.17) is 0 Å². The predicted molar refractivity (Wildman–Crippen MR) is 79.3 cm³/mol. The van der Waals surface area contributed by atoms with E-state index in [0.29, 0.717) is 5.95 Å². The molecule has 1 saturated heterocycles. The molecule has 0 spiro atoms. The Morgan fingerprint density at radius 3 is 2.55 bits per heavy atom. The Balaban J connectivity index is 1.90. The van der Waals surface area contributed by atoms with Gasteiger partial charge in [-0.1, -0.05) is 20.8 Å². The second-order valence-electron chi connectivity index (χ2n) is 6.33. The standard InChI is InChI=1S/C15H21N5/c1-15(2,3)12-10-17-20(11-12)14-16-7-6-13(18-14)19-8-4-5-9-19/h6-7,10-11H,4-5,8-9H2,1-3H3. The summed E-state index contributed by atoms with van der Waals surface area (Å²) in [4.78, 5) is 11.3. The van der Waals surface area contributed by atoms with Crippen LogP contribution in [0, 0.1) is 0 Å². The van der Waals surface area contributed by atoms with Crippen molar-refractivity contribution in [3.8, 4) is 5.95 Å². The van der Waals surface area contributed by atoms with Crippen LogP contribution in [0.1, 0.15) is 39.2 Å².